The fraction of sp³-hybridized carbons (Fsp3) is 0.533. The third-order valence-electron chi connectivity index (χ3n) is 3.10. The summed E-state index contributed by atoms with van der Waals surface area (Å²) in [6.45, 7) is 8.06. The summed E-state index contributed by atoms with van der Waals surface area (Å²) in [5, 5.41) is 5.48. The number of nitrogens with one attached hydrogen (secondary N) is 1. The number of urea groups is 1. The van der Waals surface area contributed by atoms with Gasteiger partial charge in [-0.3, -0.25) is 0 Å². The molecule has 0 aromatic carbocycles. The molecule has 0 saturated heterocycles. The van der Waals surface area contributed by atoms with E-state index >= 15 is 0 Å². The third-order valence-corrected chi connectivity index (χ3v) is 4.29. The molecule has 1 aromatic heterocycles. The lowest BCUT2D eigenvalue weighted by atomic mass is 10.2. The van der Waals surface area contributed by atoms with Gasteiger partial charge in [-0.05, 0) is 0 Å². The molecule has 8 heteroatoms. The van der Waals surface area contributed by atoms with Crippen LogP contribution in [-0.4, -0.2) is 49.2 Å². The Morgan fingerprint density at radius 3 is 2.52 bits per heavy atom. The van der Waals surface area contributed by atoms with Gasteiger partial charge >= 0.3 is 12.0 Å². The van der Waals surface area contributed by atoms with Gasteiger partial charge in [0.2, 0.25) is 0 Å². The van der Waals surface area contributed by atoms with Crippen LogP contribution in [0.15, 0.2) is 17.7 Å². The lowest BCUT2D eigenvalue weighted by molar-refractivity contribution is -0.142. The molecule has 0 aliphatic carbocycles. The summed E-state index contributed by atoms with van der Waals surface area (Å²) in [4.78, 5) is 29.8. The second kappa shape index (κ2) is 8.52. The van der Waals surface area contributed by atoms with E-state index in [-0.39, 0.29) is 5.76 Å². The largest absolute Gasteiger partial charge is 0.499 e. The molecule has 1 N–H and O–H groups in total. The van der Waals surface area contributed by atoms with Gasteiger partial charge in [-0.25, -0.2) is 14.6 Å². The number of carbonyl (C=O) groups is 2. The number of hydrogen-bond acceptors (Lipinski definition) is 6. The van der Waals surface area contributed by atoms with Gasteiger partial charge in [-0.1, -0.05) is 20.4 Å². The number of amides is 2. The van der Waals surface area contributed by atoms with Crippen LogP contribution in [-0.2, 0) is 20.8 Å². The molecule has 0 unspecified atom stereocenters. The van der Waals surface area contributed by atoms with Crippen LogP contribution >= 0.6 is 11.3 Å². The molecule has 0 spiro atoms. The van der Waals surface area contributed by atoms with Gasteiger partial charge in [0.15, 0.2) is 6.04 Å². The number of ether oxygens (including phenoxy) is 2. The highest BCUT2D eigenvalue weighted by Crippen LogP contribution is 2.19. The summed E-state index contributed by atoms with van der Waals surface area (Å²) in [7, 11) is 4.22. The Balaban J connectivity index is 2.70. The van der Waals surface area contributed by atoms with Crippen LogP contribution in [0, 0.1) is 0 Å². The Morgan fingerprint density at radius 1 is 1.39 bits per heavy atom. The Hall–Kier alpha value is -2.09. The van der Waals surface area contributed by atoms with E-state index in [1.165, 1.54) is 19.1 Å². The highest BCUT2D eigenvalue weighted by Gasteiger charge is 2.27. The van der Waals surface area contributed by atoms with Crippen molar-refractivity contribution in [3.8, 4) is 0 Å². The van der Waals surface area contributed by atoms with Crippen molar-refractivity contribution in [1.82, 2.24) is 15.2 Å². The van der Waals surface area contributed by atoms with Gasteiger partial charge < -0.3 is 19.7 Å². The number of nitrogens with zero attached hydrogens (tertiary/aromatic N) is 2. The topological polar surface area (TPSA) is 80.8 Å². The summed E-state index contributed by atoms with van der Waals surface area (Å²) in [5.41, 5.74) is 0.802. The second-order valence-corrected chi connectivity index (χ2v) is 6.15. The smallest absolute Gasteiger partial charge is 0.336 e. The Bertz CT molecular complexity index is 555. The van der Waals surface area contributed by atoms with E-state index in [2.05, 4.69) is 35.5 Å². The van der Waals surface area contributed by atoms with Gasteiger partial charge in [-0.2, -0.15) is 0 Å². The number of hydrogen-bond donors (Lipinski definition) is 1. The minimum atomic E-state index is -1.05. The zero-order valence-corrected chi connectivity index (χ0v) is 14.9. The van der Waals surface area contributed by atoms with E-state index in [1.54, 1.807) is 18.4 Å². The normalized spacial score (nSPS) is 11.7. The van der Waals surface area contributed by atoms with Crippen molar-refractivity contribution in [2.75, 3.05) is 21.3 Å². The SMILES string of the molecule is C=C(OC)[C@H](NC(=O)N(C)Cc1csc(C(C)C)n1)C(=O)OC. The molecular weight excluding hydrogens is 318 g/mol. The van der Waals surface area contributed by atoms with E-state index in [9.17, 15) is 9.59 Å². The third kappa shape index (κ3) is 5.24. The molecular formula is C15H23N3O4S. The average Bonchev–Trinajstić information content (AvgIpc) is 2.99. The van der Waals surface area contributed by atoms with Crippen molar-refractivity contribution >= 4 is 23.3 Å². The van der Waals surface area contributed by atoms with Crippen LogP contribution < -0.4 is 5.32 Å². The molecule has 1 atom stereocenters. The zero-order valence-electron chi connectivity index (χ0n) is 14.1. The molecule has 0 radical (unpaired) electrons. The monoisotopic (exact) mass is 341 g/mol. The second-order valence-electron chi connectivity index (χ2n) is 5.26. The molecule has 2 amide bonds. The maximum Gasteiger partial charge on any atom is 0.336 e. The predicted molar refractivity (Wildman–Crippen MR) is 88.2 cm³/mol. The number of aromatic nitrogens is 1. The summed E-state index contributed by atoms with van der Waals surface area (Å²) in [6, 6.07) is -1.50. The van der Waals surface area contributed by atoms with Gasteiger partial charge in [-0.15, -0.1) is 11.3 Å². The van der Waals surface area contributed by atoms with Gasteiger partial charge in [0.05, 0.1) is 31.5 Å². The summed E-state index contributed by atoms with van der Waals surface area (Å²) >= 11 is 1.56. The zero-order chi connectivity index (χ0) is 17.6. The number of thiazole rings is 1. The van der Waals surface area contributed by atoms with E-state index in [4.69, 9.17) is 4.74 Å². The summed E-state index contributed by atoms with van der Waals surface area (Å²) in [6.07, 6.45) is 0. The molecule has 128 valence electrons. The van der Waals surface area contributed by atoms with Crippen LogP contribution in [0.5, 0.6) is 0 Å². The first-order valence-electron chi connectivity index (χ1n) is 7.06. The van der Waals surface area contributed by atoms with Crippen molar-refractivity contribution in [1.29, 1.82) is 0 Å². The molecule has 0 aliphatic rings. The van der Waals surface area contributed by atoms with Gasteiger partial charge in [0.25, 0.3) is 0 Å². The Morgan fingerprint density at radius 2 is 2.04 bits per heavy atom. The maximum atomic E-state index is 12.2. The van der Waals surface area contributed by atoms with Crippen molar-refractivity contribution < 1.29 is 19.1 Å². The fourth-order valence-corrected chi connectivity index (χ4v) is 2.54. The molecule has 23 heavy (non-hydrogen) atoms. The first kappa shape index (κ1) is 19.0. The van der Waals surface area contributed by atoms with Gasteiger partial charge in [0.1, 0.15) is 5.76 Å². The lowest BCUT2D eigenvalue weighted by Crippen LogP contribution is -2.48. The highest BCUT2D eigenvalue weighted by atomic mass is 32.1. The summed E-state index contributed by atoms with van der Waals surface area (Å²) < 4.78 is 9.56. The van der Waals surface area contributed by atoms with Crippen molar-refractivity contribution in [3.63, 3.8) is 0 Å². The molecule has 1 aromatic rings. The molecule has 1 rings (SSSR count). The van der Waals surface area contributed by atoms with E-state index in [0.717, 1.165) is 10.7 Å². The number of esters is 1. The van der Waals surface area contributed by atoms with E-state index in [1.807, 2.05) is 5.38 Å². The number of rotatable bonds is 7. The lowest BCUT2D eigenvalue weighted by Gasteiger charge is -2.22. The minimum Gasteiger partial charge on any atom is -0.499 e. The molecule has 7 nitrogen and oxygen atoms in total. The molecule has 0 saturated carbocycles. The molecule has 1 heterocycles. The minimum absolute atomic E-state index is 0.106. The maximum absolute atomic E-state index is 12.2. The molecule has 0 fully saturated rings. The first-order valence-corrected chi connectivity index (χ1v) is 7.94. The van der Waals surface area contributed by atoms with Crippen molar-refractivity contribution in [2.24, 2.45) is 0 Å². The van der Waals surface area contributed by atoms with Crippen LogP contribution in [0.4, 0.5) is 4.79 Å². The number of carbonyl (C=O) groups excluding carboxylic acids is 2. The quantitative estimate of drug-likeness (QED) is 0.607. The Kier molecular flexibility index (Phi) is 7.02. The van der Waals surface area contributed by atoms with Crippen LogP contribution in [0.2, 0.25) is 0 Å². The standard InChI is InChI=1S/C15H23N3O4S/c1-9(2)13-16-11(8-23-13)7-18(4)15(20)17-12(10(3)21-5)14(19)22-6/h8-9,12H,3,7H2,1-2,4-6H3,(H,17,20)/t12-/m0/s1. The average molecular weight is 341 g/mol. The van der Waals surface area contributed by atoms with Crippen molar-refractivity contribution in [3.05, 3.63) is 28.4 Å². The van der Waals surface area contributed by atoms with Gasteiger partial charge in [0, 0.05) is 18.3 Å². The fourth-order valence-electron chi connectivity index (χ4n) is 1.72. The predicted octanol–water partition coefficient (Wildman–Crippen LogP) is 2.11. The molecule has 0 bridgehead atoms. The summed E-state index contributed by atoms with van der Waals surface area (Å²) in [5.74, 6) is -0.190. The van der Waals surface area contributed by atoms with E-state index in [0.29, 0.717) is 12.5 Å². The van der Waals surface area contributed by atoms with Crippen LogP contribution in [0.3, 0.4) is 0 Å². The molecule has 0 aliphatic heterocycles. The first-order chi connectivity index (χ1) is 10.8. The van der Waals surface area contributed by atoms with Crippen LogP contribution in [0.1, 0.15) is 30.5 Å². The highest BCUT2D eigenvalue weighted by molar-refractivity contribution is 7.09. The van der Waals surface area contributed by atoms with E-state index < -0.39 is 18.0 Å². The number of methoxy groups -OCH3 is 2. The van der Waals surface area contributed by atoms with Crippen LogP contribution in [0.25, 0.3) is 0 Å². The Labute approximate surface area is 140 Å². The van der Waals surface area contributed by atoms with Crippen molar-refractivity contribution in [2.45, 2.75) is 32.4 Å².